The molecule has 0 fully saturated rings. The molecule has 132 valence electrons. The molecule has 0 saturated carbocycles. The lowest BCUT2D eigenvalue weighted by atomic mass is 10.1. The first-order chi connectivity index (χ1) is 11.3. The summed E-state index contributed by atoms with van der Waals surface area (Å²) in [5.74, 6) is -0.186. The predicted molar refractivity (Wildman–Crippen MR) is 95.7 cm³/mol. The fourth-order valence-corrected chi connectivity index (χ4v) is 2.06. The zero-order valence-electron chi connectivity index (χ0n) is 15.1. The van der Waals surface area contributed by atoms with Crippen LogP contribution in [0.5, 0.6) is 5.75 Å². The van der Waals surface area contributed by atoms with Gasteiger partial charge in [-0.15, -0.1) is 0 Å². The number of hydrogen-bond donors (Lipinski definition) is 0. The maximum absolute atomic E-state index is 11.6. The van der Waals surface area contributed by atoms with E-state index in [1.54, 1.807) is 12.1 Å². The van der Waals surface area contributed by atoms with E-state index in [1.165, 1.54) is 20.5 Å². The van der Waals surface area contributed by atoms with Crippen molar-refractivity contribution in [3.8, 4) is 5.75 Å². The van der Waals surface area contributed by atoms with E-state index in [-0.39, 0.29) is 5.76 Å². The minimum absolute atomic E-state index is 0.0401. The van der Waals surface area contributed by atoms with Gasteiger partial charge < -0.3 is 19.0 Å². The van der Waals surface area contributed by atoms with E-state index in [0.717, 1.165) is 11.3 Å². The van der Waals surface area contributed by atoms with Gasteiger partial charge in [-0.1, -0.05) is 36.9 Å². The SMILES string of the molecule is COC=C(Oc1cccc(C(C)=NOC[Si](C)(C)C)c1)C(=O)OC. The monoisotopic (exact) mass is 351 g/mol. The highest BCUT2D eigenvalue weighted by atomic mass is 28.3. The topological polar surface area (TPSA) is 66.3 Å². The molecular weight excluding hydrogens is 326 g/mol. The summed E-state index contributed by atoms with van der Waals surface area (Å²) in [5, 5.41) is 4.15. The Morgan fingerprint density at radius 3 is 2.54 bits per heavy atom. The average Bonchev–Trinajstić information content (AvgIpc) is 2.52. The summed E-state index contributed by atoms with van der Waals surface area (Å²) in [4.78, 5) is 17.1. The third-order valence-corrected chi connectivity index (χ3v) is 3.79. The smallest absolute Gasteiger partial charge is 0.377 e. The molecule has 0 bridgehead atoms. The zero-order valence-corrected chi connectivity index (χ0v) is 16.1. The number of carbonyl (C=O) groups excluding carboxylic acids is 1. The van der Waals surface area contributed by atoms with Gasteiger partial charge in [-0.3, -0.25) is 0 Å². The van der Waals surface area contributed by atoms with E-state index in [9.17, 15) is 4.79 Å². The highest BCUT2D eigenvalue weighted by Gasteiger charge is 2.15. The van der Waals surface area contributed by atoms with Gasteiger partial charge in [0.1, 0.15) is 18.2 Å². The van der Waals surface area contributed by atoms with Crippen molar-refractivity contribution in [2.75, 3.05) is 20.4 Å². The maximum Gasteiger partial charge on any atom is 0.377 e. The zero-order chi connectivity index (χ0) is 18.2. The van der Waals surface area contributed by atoms with Crippen LogP contribution in [-0.4, -0.2) is 40.2 Å². The summed E-state index contributed by atoms with van der Waals surface area (Å²) in [6, 6.07) is 7.20. The van der Waals surface area contributed by atoms with Crippen molar-refractivity contribution < 1.29 is 23.8 Å². The molecule has 0 atom stereocenters. The summed E-state index contributed by atoms with van der Waals surface area (Å²) in [6.07, 6.45) is 1.85. The molecule has 1 aromatic rings. The largest absolute Gasteiger partial charge is 0.500 e. The number of methoxy groups -OCH3 is 2. The molecule has 0 amide bonds. The molecule has 0 aromatic heterocycles. The van der Waals surface area contributed by atoms with E-state index in [2.05, 4.69) is 29.5 Å². The number of oxime groups is 1. The molecule has 0 unspecified atom stereocenters. The highest BCUT2D eigenvalue weighted by Crippen LogP contribution is 2.18. The van der Waals surface area contributed by atoms with Gasteiger partial charge in [0.2, 0.25) is 5.76 Å². The van der Waals surface area contributed by atoms with Crippen molar-refractivity contribution in [2.45, 2.75) is 26.6 Å². The Morgan fingerprint density at radius 1 is 1.25 bits per heavy atom. The second-order valence-electron chi connectivity index (χ2n) is 6.35. The van der Waals surface area contributed by atoms with Crippen molar-refractivity contribution in [2.24, 2.45) is 5.16 Å². The van der Waals surface area contributed by atoms with Crippen LogP contribution in [0.15, 0.2) is 41.4 Å². The van der Waals surface area contributed by atoms with E-state index in [4.69, 9.17) is 14.3 Å². The van der Waals surface area contributed by atoms with Crippen LogP contribution < -0.4 is 4.74 Å². The Balaban J connectivity index is 2.87. The van der Waals surface area contributed by atoms with Gasteiger partial charge >= 0.3 is 5.97 Å². The van der Waals surface area contributed by atoms with Gasteiger partial charge in [-0.05, 0) is 19.1 Å². The van der Waals surface area contributed by atoms with Crippen LogP contribution >= 0.6 is 0 Å². The second kappa shape index (κ2) is 9.12. The summed E-state index contributed by atoms with van der Waals surface area (Å²) in [7, 11) is 1.39. The van der Waals surface area contributed by atoms with E-state index in [1.807, 2.05) is 19.1 Å². The van der Waals surface area contributed by atoms with E-state index in [0.29, 0.717) is 12.0 Å². The fourth-order valence-electron chi connectivity index (χ4n) is 1.61. The lowest BCUT2D eigenvalue weighted by Gasteiger charge is -2.13. The second-order valence-corrected chi connectivity index (χ2v) is 11.8. The van der Waals surface area contributed by atoms with Gasteiger partial charge in [0.05, 0.1) is 28.0 Å². The number of esters is 1. The van der Waals surface area contributed by atoms with Crippen molar-refractivity contribution >= 4 is 19.8 Å². The van der Waals surface area contributed by atoms with Crippen LogP contribution in [0.1, 0.15) is 12.5 Å². The first kappa shape index (κ1) is 19.8. The first-order valence-corrected chi connectivity index (χ1v) is 11.2. The molecule has 24 heavy (non-hydrogen) atoms. The number of benzene rings is 1. The summed E-state index contributed by atoms with van der Waals surface area (Å²) in [6.45, 7) is 8.49. The molecule has 6 nitrogen and oxygen atoms in total. The van der Waals surface area contributed by atoms with Crippen molar-refractivity contribution in [3.05, 3.63) is 41.9 Å². The molecule has 0 radical (unpaired) electrons. The van der Waals surface area contributed by atoms with Crippen LogP contribution in [0.2, 0.25) is 19.6 Å². The molecule has 1 rings (SSSR count). The summed E-state index contributed by atoms with van der Waals surface area (Å²) in [5.41, 5.74) is 1.57. The molecule has 0 spiro atoms. The predicted octanol–water partition coefficient (Wildman–Crippen LogP) is 3.34. The molecule has 0 saturated heterocycles. The molecular formula is C17H25NO5Si. The van der Waals surface area contributed by atoms with E-state index < -0.39 is 14.0 Å². The van der Waals surface area contributed by atoms with Crippen LogP contribution in [0.4, 0.5) is 0 Å². The van der Waals surface area contributed by atoms with Crippen molar-refractivity contribution in [1.29, 1.82) is 0 Å². The third-order valence-electron chi connectivity index (χ3n) is 2.79. The third kappa shape index (κ3) is 6.87. The molecule has 1 aromatic carbocycles. The standard InChI is InChI=1S/C17H25NO5Si/c1-13(18-22-12-24(4,5)6)14-8-7-9-15(10-14)23-16(11-20-2)17(19)21-3/h7-11H,12H2,1-6H3. The molecule has 0 heterocycles. The number of nitrogens with zero attached hydrogens (tertiary/aromatic N) is 1. The van der Waals surface area contributed by atoms with Crippen molar-refractivity contribution in [3.63, 3.8) is 0 Å². The Hall–Kier alpha value is -2.28. The van der Waals surface area contributed by atoms with Gasteiger partial charge in [0, 0.05) is 5.56 Å². The van der Waals surface area contributed by atoms with Gasteiger partial charge in [-0.2, -0.15) is 0 Å². The fraction of sp³-hybridized carbons (Fsp3) is 0.412. The minimum atomic E-state index is -1.31. The Kier molecular flexibility index (Phi) is 7.51. The van der Waals surface area contributed by atoms with Crippen LogP contribution in [0.3, 0.4) is 0 Å². The minimum Gasteiger partial charge on any atom is -0.500 e. The van der Waals surface area contributed by atoms with Gasteiger partial charge in [0.15, 0.2) is 0 Å². The molecule has 0 N–H and O–H groups in total. The molecule has 7 heteroatoms. The molecule has 0 aliphatic carbocycles. The van der Waals surface area contributed by atoms with Gasteiger partial charge in [-0.25, -0.2) is 4.79 Å². The quantitative estimate of drug-likeness (QED) is 0.179. The lowest BCUT2D eigenvalue weighted by molar-refractivity contribution is -0.138. The van der Waals surface area contributed by atoms with Crippen LogP contribution in [0, 0.1) is 0 Å². The highest BCUT2D eigenvalue weighted by molar-refractivity contribution is 6.76. The first-order valence-electron chi connectivity index (χ1n) is 7.53. The Labute approximate surface area is 144 Å². The maximum atomic E-state index is 11.6. The molecule has 0 aliphatic heterocycles. The Bertz CT molecular complexity index is 620. The number of hydrogen-bond acceptors (Lipinski definition) is 6. The van der Waals surface area contributed by atoms with Crippen LogP contribution in [0.25, 0.3) is 0 Å². The Morgan fingerprint density at radius 2 is 1.96 bits per heavy atom. The van der Waals surface area contributed by atoms with Crippen molar-refractivity contribution in [1.82, 2.24) is 0 Å². The van der Waals surface area contributed by atoms with Crippen LogP contribution in [-0.2, 0) is 19.1 Å². The normalized spacial score (nSPS) is 12.6. The number of ether oxygens (including phenoxy) is 3. The lowest BCUT2D eigenvalue weighted by Crippen LogP contribution is -2.27. The average molecular weight is 351 g/mol. The van der Waals surface area contributed by atoms with E-state index >= 15 is 0 Å². The number of carbonyl (C=O) groups is 1. The number of rotatable bonds is 8. The summed E-state index contributed by atoms with van der Waals surface area (Å²) < 4.78 is 15.0. The summed E-state index contributed by atoms with van der Waals surface area (Å²) >= 11 is 0. The van der Waals surface area contributed by atoms with Gasteiger partial charge in [0.25, 0.3) is 0 Å². The molecule has 0 aliphatic rings.